The summed E-state index contributed by atoms with van der Waals surface area (Å²) < 4.78 is 65.6. The molecule has 9 nitrogen and oxygen atoms in total. The van der Waals surface area contributed by atoms with Gasteiger partial charge in [0.15, 0.2) is 0 Å². The van der Waals surface area contributed by atoms with Crippen LogP contribution in [-0.4, -0.2) is 58.3 Å². The average Bonchev–Trinajstić information content (AvgIpc) is 3.03. The molecule has 1 saturated heterocycles. The summed E-state index contributed by atoms with van der Waals surface area (Å²) in [5.74, 6) is -0.121. The number of H-pyrrole nitrogens is 1. The van der Waals surface area contributed by atoms with Gasteiger partial charge in [-0.05, 0) is 41.8 Å². The summed E-state index contributed by atoms with van der Waals surface area (Å²) in [5.41, 5.74) is -1.75. The first-order valence-corrected chi connectivity index (χ1v) is 9.50. The van der Waals surface area contributed by atoms with E-state index in [0.29, 0.717) is 17.8 Å². The van der Waals surface area contributed by atoms with Gasteiger partial charge in [-0.15, -0.1) is 20.4 Å². The highest BCUT2D eigenvalue weighted by Gasteiger charge is 2.64. The maximum Gasteiger partial charge on any atom is 0.437 e. The Morgan fingerprint density at radius 2 is 1.93 bits per heavy atom. The van der Waals surface area contributed by atoms with E-state index < -0.39 is 27.8 Å². The molecule has 1 fully saturated rings. The fourth-order valence-electron chi connectivity index (χ4n) is 3.16. The smallest absolute Gasteiger partial charge is 0.207 e. The summed E-state index contributed by atoms with van der Waals surface area (Å²) in [6, 6.07) is 5.92. The van der Waals surface area contributed by atoms with E-state index in [4.69, 9.17) is 0 Å². The number of rotatable bonds is 5. The zero-order valence-corrected chi connectivity index (χ0v) is 14.6. The number of benzene rings is 1. The number of aromatic nitrogens is 4. The Bertz CT molecular complexity index is 952. The number of sulfonamides is 1. The fourth-order valence-corrected chi connectivity index (χ4v) is 4.70. The number of aromatic amines is 1. The summed E-state index contributed by atoms with van der Waals surface area (Å²) in [4.78, 5) is 0.0572. The molecule has 13 heteroatoms. The van der Waals surface area contributed by atoms with Crippen molar-refractivity contribution in [2.75, 3.05) is 13.1 Å². The zero-order valence-electron chi connectivity index (χ0n) is 13.8. The lowest BCUT2D eigenvalue weighted by Crippen LogP contribution is -2.36. The van der Waals surface area contributed by atoms with Crippen LogP contribution in [0.4, 0.5) is 13.2 Å². The van der Waals surface area contributed by atoms with Gasteiger partial charge in [0.2, 0.25) is 15.8 Å². The second-order valence-corrected chi connectivity index (χ2v) is 8.43. The van der Waals surface area contributed by atoms with E-state index in [2.05, 4.69) is 30.9 Å². The minimum absolute atomic E-state index is 0.0117. The second-order valence-electron chi connectivity index (χ2n) is 6.50. The van der Waals surface area contributed by atoms with Crippen LogP contribution in [0, 0.1) is 5.92 Å². The average molecular weight is 401 g/mol. The van der Waals surface area contributed by atoms with Crippen molar-refractivity contribution < 1.29 is 21.6 Å². The maximum absolute atomic E-state index is 13.0. The SMILES string of the molecule is O=S(=O)(c1ccc(-c2nn[nH]n2)cc1)N1CCC(CC2(C(F)(F)F)N=N2)C1. The molecule has 27 heavy (non-hydrogen) atoms. The first-order valence-electron chi connectivity index (χ1n) is 8.06. The molecule has 144 valence electrons. The molecule has 1 aromatic carbocycles. The van der Waals surface area contributed by atoms with Gasteiger partial charge in [0, 0.05) is 25.1 Å². The predicted molar refractivity (Wildman–Crippen MR) is 84.7 cm³/mol. The number of alkyl halides is 3. The van der Waals surface area contributed by atoms with E-state index in [-0.39, 0.29) is 24.4 Å². The normalized spacial score (nSPS) is 22.3. The standard InChI is InChI=1S/C14H14F3N7O2S/c15-14(16,17)13(20-21-13)7-9-5-6-24(8-9)27(25,26)11-3-1-10(2-4-11)12-18-22-23-19-12/h1-4,9H,5-8H2,(H,18,19,22,23). The van der Waals surface area contributed by atoms with E-state index in [9.17, 15) is 21.6 Å². The van der Waals surface area contributed by atoms with E-state index in [1.165, 1.54) is 16.4 Å². The van der Waals surface area contributed by atoms with Crippen molar-refractivity contribution in [2.45, 2.75) is 29.6 Å². The number of halogens is 3. The summed E-state index contributed by atoms with van der Waals surface area (Å²) in [6.45, 7) is 0.172. The van der Waals surface area contributed by atoms with Gasteiger partial charge in [-0.3, -0.25) is 0 Å². The Morgan fingerprint density at radius 3 is 2.48 bits per heavy atom. The van der Waals surface area contributed by atoms with Gasteiger partial charge in [-0.2, -0.15) is 22.7 Å². The van der Waals surface area contributed by atoms with Crippen molar-refractivity contribution >= 4 is 10.0 Å². The molecular formula is C14H14F3N7O2S. The Hall–Kier alpha value is -2.41. The molecule has 0 amide bonds. The number of nitrogens with one attached hydrogen (secondary N) is 1. The molecule has 4 rings (SSSR count). The van der Waals surface area contributed by atoms with Gasteiger partial charge in [-0.25, -0.2) is 8.42 Å². The summed E-state index contributed by atoms with van der Waals surface area (Å²) in [6.07, 6.45) is -4.52. The first kappa shape index (κ1) is 18.0. The second kappa shape index (κ2) is 6.05. The van der Waals surface area contributed by atoms with E-state index in [1.54, 1.807) is 12.1 Å². The van der Waals surface area contributed by atoms with Crippen LogP contribution >= 0.6 is 0 Å². The van der Waals surface area contributed by atoms with E-state index >= 15 is 0 Å². The lowest BCUT2D eigenvalue weighted by molar-refractivity contribution is -0.167. The zero-order chi connectivity index (χ0) is 19.3. The minimum Gasteiger partial charge on any atom is -0.207 e. The van der Waals surface area contributed by atoms with Crippen LogP contribution in [0.25, 0.3) is 11.4 Å². The van der Waals surface area contributed by atoms with Gasteiger partial charge < -0.3 is 0 Å². The molecule has 1 atom stereocenters. The van der Waals surface area contributed by atoms with Crippen LogP contribution < -0.4 is 0 Å². The van der Waals surface area contributed by atoms with Crippen LogP contribution in [0.2, 0.25) is 0 Å². The lowest BCUT2D eigenvalue weighted by Gasteiger charge is -2.19. The van der Waals surface area contributed by atoms with Crippen molar-refractivity contribution in [2.24, 2.45) is 16.1 Å². The van der Waals surface area contributed by atoms with Crippen LogP contribution in [0.1, 0.15) is 12.8 Å². The first-order chi connectivity index (χ1) is 12.7. The molecule has 1 N–H and O–H groups in total. The summed E-state index contributed by atoms with van der Waals surface area (Å²) in [5, 5.41) is 19.7. The molecule has 0 saturated carbocycles. The third-order valence-electron chi connectivity index (χ3n) is 4.71. The molecule has 0 bridgehead atoms. The van der Waals surface area contributed by atoms with Crippen LogP contribution in [0.15, 0.2) is 39.4 Å². The van der Waals surface area contributed by atoms with E-state index in [1.807, 2.05) is 0 Å². The van der Waals surface area contributed by atoms with Crippen molar-refractivity contribution in [3.05, 3.63) is 24.3 Å². The molecule has 3 heterocycles. The summed E-state index contributed by atoms with van der Waals surface area (Å²) in [7, 11) is -3.80. The van der Waals surface area contributed by atoms with Crippen LogP contribution in [0.5, 0.6) is 0 Å². The molecule has 1 aromatic heterocycles. The number of hydrogen-bond donors (Lipinski definition) is 1. The molecule has 0 aliphatic carbocycles. The quantitative estimate of drug-likeness (QED) is 0.822. The number of tetrazole rings is 1. The molecule has 0 spiro atoms. The molecule has 1 unspecified atom stereocenters. The Labute approximate surface area is 151 Å². The van der Waals surface area contributed by atoms with Gasteiger partial charge in [0.25, 0.3) is 5.66 Å². The van der Waals surface area contributed by atoms with Crippen molar-refractivity contribution in [3.63, 3.8) is 0 Å². The molecule has 2 aliphatic rings. The minimum atomic E-state index is -4.54. The van der Waals surface area contributed by atoms with Gasteiger partial charge in [0.1, 0.15) is 0 Å². The third-order valence-corrected chi connectivity index (χ3v) is 6.59. The number of hydrogen-bond acceptors (Lipinski definition) is 7. The predicted octanol–water partition coefficient (Wildman–Crippen LogP) is 1.99. The van der Waals surface area contributed by atoms with Gasteiger partial charge in [-0.1, -0.05) is 0 Å². The van der Waals surface area contributed by atoms with Crippen molar-refractivity contribution in [1.29, 1.82) is 0 Å². The molecule has 2 aromatic rings. The van der Waals surface area contributed by atoms with Crippen LogP contribution in [-0.2, 0) is 10.0 Å². The maximum atomic E-state index is 13.0. The monoisotopic (exact) mass is 401 g/mol. The number of nitrogens with zero attached hydrogens (tertiary/aromatic N) is 6. The largest absolute Gasteiger partial charge is 0.437 e. The molecule has 2 aliphatic heterocycles. The third kappa shape index (κ3) is 3.20. The van der Waals surface area contributed by atoms with Crippen molar-refractivity contribution in [3.8, 4) is 11.4 Å². The fraction of sp³-hybridized carbons (Fsp3) is 0.500. The highest BCUT2D eigenvalue weighted by atomic mass is 32.2. The Morgan fingerprint density at radius 1 is 1.22 bits per heavy atom. The highest BCUT2D eigenvalue weighted by molar-refractivity contribution is 7.89. The topological polar surface area (TPSA) is 117 Å². The Balaban J connectivity index is 1.45. The van der Waals surface area contributed by atoms with Crippen LogP contribution in [0.3, 0.4) is 0 Å². The van der Waals surface area contributed by atoms with Crippen molar-refractivity contribution in [1.82, 2.24) is 24.9 Å². The summed E-state index contributed by atoms with van der Waals surface area (Å²) >= 11 is 0. The van der Waals surface area contributed by atoms with E-state index in [0.717, 1.165) is 0 Å². The van der Waals surface area contributed by atoms with Gasteiger partial charge in [0.05, 0.1) is 4.90 Å². The molecule has 0 radical (unpaired) electrons. The Kier molecular flexibility index (Phi) is 4.03. The molecular weight excluding hydrogens is 387 g/mol. The highest BCUT2D eigenvalue weighted by Crippen LogP contribution is 2.49. The lowest BCUT2D eigenvalue weighted by atomic mass is 9.96. The van der Waals surface area contributed by atoms with Gasteiger partial charge >= 0.3 is 6.18 Å².